The van der Waals surface area contributed by atoms with E-state index in [9.17, 15) is 38.4 Å². The number of esters is 4. The highest BCUT2D eigenvalue weighted by molar-refractivity contribution is 5.95. The molecular weight excluding hydrogens is 921 g/mol. The summed E-state index contributed by atoms with van der Waals surface area (Å²) in [5, 5.41) is 11.9. The summed E-state index contributed by atoms with van der Waals surface area (Å²) in [5.41, 5.74) is -2.27. The van der Waals surface area contributed by atoms with Gasteiger partial charge in [-0.05, 0) is 161 Å². The summed E-state index contributed by atoms with van der Waals surface area (Å²) in [6.45, 7) is 7.79. The van der Waals surface area contributed by atoms with Gasteiger partial charge in [0, 0.05) is 12.8 Å². The highest BCUT2D eigenvalue weighted by Crippen LogP contribution is 2.67. The van der Waals surface area contributed by atoms with Crippen LogP contribution >= 0.6 is 0 Å². The maximum absolute atomic E-state index is 14.8. The lowest BCUT2D eigenvalue weighted by Crippen LogP contribution is -2.64. The first-order valence-corrected chi connectivity index (χ1v) is 26.2. The first kappa shape index (κ1) is 51.1. The van der Waals surface area contributed by atoms with Crippen LogP contribution < -0.4 is 30.7 Å². The van der Waals surface area contributed by atoms with Gasteiger partial charge < -0.3 is 40.2 Å². The molecule has 388 valence electrons. The highest BCUT2D eigenvalue weighted by Gasteiger charge is 2.65. The van der Waals surface area contributed by atoms with Crippen molar-refractivity contribution in [2.24, 2.45) is 57.2 Å². The number of methoxy groups -OCH3 is 2. The van der Waals surface area contributed by atoms with Crippen LogP contribution in [0.3, 0.4) is 0 Å². The van der Waals surface area contributed by atoms with Crippen molar-refractivity contribution in [3.8, 4) is 11.5 Å². The second-order valence-corrected chi connectivity index (χ2v) is 24.0. The third-order valence-electron chi connectivity index (χ3n) is 17.4. The summed E-state index contributed by atoms with van der Waals surface area (Å²) in [7, 11) is 2.49. The molecule has 16 nitrogen and oxygen atoms in total. The monoisotopic (exact) mass is 993 g/mol. The molecule has 2 aromatic carbocycles. The predicted molar refractivity (Wildman–Crippen MR) is 261 cm³/mol. The van der Waals surface area contributed by atoms with Crippen LogP contribution in [0.4, 0.5) is 0 Å². The van der Waals surface area contributed by atoms with Crippen molar-refractivity contribution in [3.05, 3.63) is 59.7 Å². The summed E-state index contributed by atoms with van der Waals surface area (Å²) >= 11 is 0. The molecule has 12 bridgehead atoms. The number of ether oxygens (including phenoxy) is 4. The fourth-order valence-corrected chi connectivity index (χ4v) is 15.1. The summed E-state index contributed by atoms with van der Waals surface area (Å²) in [6, 6.07) is 9.36. The fraction of sp³-hybridized carbons (Fsp3) is 0.643. The van der Waals surface area contributed by atoms with Crippen LogP contribution in [0.25, 0.3) is 0 Å². The lowest BCUT2D eigenvalue weighted by molar-refractivity contribution is -0.183. The largest absolute Gasteiger partial charge is 0.467 e. The van der Waals surface area contributed by atoms with Crippen LogP contribution in [-0.4, -0.2) is 85.9 Å². The van der Waals surface area contributed by atoms with Gasteiger partial charge in [0.05, 0.1) is 35.9 Å². The predicted octanol–water partition coefficient (Wildman–Crippen LogP) is 5.85. The van der Waals surface area contributed by atoms with Crippen LogP contribution in [0, 0.1) is 57.2 Å². The Morgan fingerprint density at radius 3 is 1.15 bits per heavy atom. The van der Waals surface area contributed by atoms with Gasteiger partial charge >= 0.3 is 23.9 Å². The van der Waals surface area contributed by atoms with E-state index >= 15 is 0 Å². The molecule has 0 aromatic heterocycles. The Morgan fingerprint density at radius 2 is 0.833 bits per heavy atom. The van der Waals surface area contributed by atoms with E-state index in [-0.39, 0.29) is 91.4 Å². The number of nitrogens with one attached hydrogen (secondary N) is 4. The van der Waals surface area contributed by atoms with Gasteiger partial charge in [-0.15, -0.1) is 0 Å². The molecule has 3 heterocycles. The lowest BCUT2D eigenvalue weighted by Gasteiger charge is -2.60. The average Bonchev–Trinajstić information content (AvgIpc) is 3.32. The first-order chi connectivity index (χ1) is 34.2. The van der Waals surface area contributed by atoms with Crippen molar-refractivity contribution in [2.75, 3.05) is 14.2 Å². The molecule has 16 heteroatoms. The van der Waals surface area contributed by atoms with E-state index in [1.807, 2.05) is 27.7 Å². The van der Waals surface area contributed by atoms with Crippen molar-refractivity contribution < 1.29 is 57.3 Å². The minimum atomic E-state index is -1.11. The third-order valence-corrected chi connectivity index (χ3v) is 17.4. The van der Waals surface area contributed by atoms with Gasteiger partial charge in [-0.1, -0.05) is 52.0 Å². The molecule has 4 unspecified atom stereocenters. The standard InChI is InChI=1S/C56H72N4O12/c1-31(2)15-41-45(61)57-43(47(63)69-5)19-33-7-11-39(12-8-33)71-51(67)55-25-37-18-38(26-55)28-56(27-37,30-55)52(68)72-40-13-9-34(10-14-40)20-44(48(64)70-6)58-46(62)42(16-32(3)4)60-50(66)54-23-35-17-36(24-54)22-53(21-35,29-54)49(65)59-41/h7-14,31-32,35-38,41-44H,15-30H2,1-6H3,(H,57,61)(H,58,62)(H,59,65)(H,60,66)/t35?,36?,37?,38?,41-,42+,43+,44-,53?,54?,55?,56?. The van der Waals surface area contributed by atoms with Crippen LogP contribution in [0.2, 0.25) is 0 Å². The summed E-state index contributed by atoms with van der Waals surface area (Å²) in [5.74, 6) is -2.71. The zero-order valence-electron chi connectivity index (χ0n) is 42.6. The molecule has 0 radical (unpaired) electrons. The van der Waals surface area contributed by atoms with Gasteiger partial charge in [0.1, 0.15) is 35.7 Å². The number of fused-ring (bicyclic) bond motifs is 2. The number of rotatable bonds is 6. The van der Waals surface area contributed by atoms with Crippen LogP contribution in [0.1, 0.15) is 129 Å². The Bertz CT molecular complexity index is 2280. The minimum absolute atomic E-state index is 0.0145. The topological polar surface area (TPSA) is 222 Å². The number of carbonyl (C=O) groups excluding carboxylic acids is 8. The SMILES string of the molecule is COC(=O)[C@@H]1Cc2ccc(cc2)OC(=O)C23CC4CC(C2)CC(C4)(C3)C(=O)Oc2ccc(cc2)C[C@H](C(=O)OC)NC(=O)[C@H](CC(C)C)NC(=O)C23CC4CC(C2)CC(C4)(C3)C(=O)N[C@H](CC(C)C)C(=O)N1. The van der Waals surface area contributed by atoms with Crippen LogP contribution in [-0.2, 0) is 60.7 Å². The van der Waals surface area contributed by atoms with E-state index in [1.165, 1.54) is 14.2 Å². The van der Waals surface area contributed by atoms with Gasteiger partial charge in [-0.25, -0.2) is 9.59 Å². The highest BCUT2D eigenvalue weighted by atomic mass is 16.5. The Labute approximate surface area is 421 Å². The Morgan fingerprint density at radius 1 is 0.514 bits per heavy atom. The second kappa shape index (κ2) is 19.9. The maximum atomic E-state index is 14.8. The number of amides is 4. The van der Waals surface area contributed by atoms with E-state index in [1.54, 1.807) is 48.5 Å². The number of hydrogen-bond donors (Lipinski definition) is 4. The van der Waals surface area contributed by atoms with Crippen LogP contribution in [0.15, 0.2) is 48.5 Å². The van der Waals surface area contributed by atoms with Gasteiger partial charge in [0.15, 0.2) is 0 Å². The van der Waals surface area contributed by atoms with Crippen molar-refractivity contribution >= 4 is 47.5 Å². The summed E-state index contributed by atoms with van der Waals surface area (Å²) < 4.78 is 22.5. The Kier molecular flexibility index (Phi) is 14.1. The lowest BCUT2D eigenvalue weighted by atomic mass is 9.43. The van der Waals surface area contributed by atoms with E-state index in [0.717, 1.165) is 12.8 Å². The maximum Gasteiger partial charge on any atom is 0.328 e. The Hall–Kier alpha value is -5.80. The molecule has 8 aliphatic carbocycles. The van der Waals surface area contributed by atoms with Crippen molar-refractivity contribution in [3.63, 3.8) is 0 Å². The normalized spacial score (nSPS) is 35.8. The van der Waals surface area contributed by atoms with Crippen molar-refractivity contribution in [1.82, 2.24) is 21.3 Å². The van der Waals surface area contributed by atoms with E-state index in [0.29, 0.717) is 80.4 Å². The first-order valence-electron chi connectivity index (χ1n) is 26.2. The van der Waals surface area contributed by atoms with E-state index < -0.39 is 69.6 Å². The quantitative estimate of drug-likeness (QED) is 0.198. The molecular formula is C56H72N4O12. The van der Waals surface area contributed by atoms with Crippen molar-refractivity contribution in [1.29, 1.82) is 0 Å². The zero-order chi connectivity index (χ0) is 51.3. The molecule has 72 heavy (non-hydrogen) atoms. The van der Waals surface area contributed by atoms with Gasteiger partial charge in [-0.3, -0.25) is 28.8 Å². The second-order valence-electron chi connectivity index (χ2n) is 24.0. The van der Waals surface area contributed by atoms with Gasteiger partial charge in [0.25, 0.3) is 0 Å². The van der Waals surface area contributed by atoms with Gasteiger partial charge in [-0.2, -0.15) is 0 Å². The molecule has 3 aliphatic heterocycles. The van der Waals surface area contributed by atoms with Crippen molar-refractivity contribution in [2.45, 2.75) is 155 Å². The van der Waals surface area contributed by atoms with E-state index in [4.69, 9.17) is 18.9 Å². The van der Waals surface area contributed by atoms with Crippen LogP contribution in [0.5, 0.6) is 11.5 Å². The van der Waals surface area contributed by atoms with Gasteiger partial charge in [0.2, 0.25) is 23.6 Å². The molecule has 8 saturated carbocycles. The van der Waals surface area contributed by atoms with E-state index in [2.05, 4.69) is 21.3 Å². The number of benzene rings is 2. The molecule has 13 rings (SSSR count). The Balaban J connectivity index is 1.03. The molecule has 4 spiro atoms. The molecule has 8 atom stereocenters. The number of carbonyl (C=O) groups is 8. The number of hydrogen-bond acceptors (Lipinski definition) is 12. The molecule has 4 amide bonds. The molecule has 2 aromatic rings. The average molecular weight is 993 g/mol. The summed E-state index contributed by atoms with van der Waals surface area (Å²) in [4.78, 5) is 113. The molecule has 11 aliphatic rings. The molecule has 8 fully saturated rings. The smallest absolute Gasteiger partial charge is 0.328 e. The fourth-order valence-electron chi connectivity index (χ4n) is 15.1. The molecule has 4 N–H and O–H groups in total. The zero-order valence-corrected chi connectivity index (χ0v) is 42.6. The molecule has 0 saturated heterocycles. The summed E-state index contributed by atoms with van der Waals surface area (Å²) in [6.07, 6.45) is 7.81. The third kappa shape index (κ3) is 10.2. The minimum Gasteiger partial charge on any atom is -0.467 e.